The zero-order valence-corrected chi connectivity index (χ0v) is 12.8. The Balaban J connectivity index is 3.35. The summed E-state index contributed by atoms with van der Waals surface area (Å²) in [6, 6.07) is 0. The van der Waals surface area contributed by atoms with Crippen molar-refractivity contribution in [3.8, 4) is 0 Å². The van der Waals surface area contributed by atoms with Crippen molar-refractivity contribution in [1.29, 1.82) is 0 Å². The predicted molar refractivity (Wildman–Crippen MR) is 79.2 cm³/mol. The number of carbonyl (C=O) groups excluding carboxylic acids is 2. The SMILES string of the molecule is [N-]=[N+]=NCCOC(=O)CCCOCCCC(=O)OCCN=[N+]=[N-]. The van der Waals surface area contributed by atoms with Crippen LogP contribution in [0.3, 0.4) is 0 Å². The zero-order valence-electron chi connectivity index (χ0n) is 12.8. The number of rotatable bonds is 14. The average Bonchev–Trinajstić information content (AvgIpc) is 2.54. The Morgan fingerprint density at radius 1 is 0.783 bits per heavy atom. The number of hydrogen-bond acceptors (Lipinski definition) is 7. The van der Waals surface area contributed by atoms with Crippen LogP contribution in [0.2, 0.25) is 0 Å². The van der Waals surface area contributed by atoms with Crippen molar-refractivity contribution in [2.24, 2.45) is 10.2 Å². The van der Waals surface area contributed by atoms with Crippen molar-refractivity contribution in [3.63, 3.8) is 0 Å². The monoisotopic (exact) mass is 328 g/mol. The van der Waals surface area contributed by atoms with E-state index in [-0.39, 0.29) is 51.1 Å². The van der Waals surface area contributed by atoms with Gasteiger partial charge in [-0.2, -0.15) is 0 Å². The summed E-state index contributed by atoms with van der Waals surface area (Å²) in [6.45, 7) is 1.17. The van der Waals surface area contributed by atoms with Gasteiger partial charge in [-0.05, 0) is 23.9 Å². The van der Waals surface area contributed by atoms with E-state index < -0.39 is 0 Å². The molecule has 0 aromatic rings. The molecule has 0 fully saturated rings. The highest BCUT2D eigenvalue weighted by Crippen LogP contribution is 1.98. The molecule has 0 aliphatic rings. The van der Waals surface area contributed by atoms with Gasteiger partial charge in [-0.1, -0.05) is 10.2 Å². The molecule has 0 radical (unpaired) electrons. The van der Waals surface area contributed by atoms with Crippen LogP contribution in [0.15, 0.2) is 10.2 Å². The van der Waals surface area contributed by atoms with Gasteiger partial charge in [0, 0.05) is 35.9 Å². The van der Waals surface area contributed by atoms with Crippen LogP contribution < -0.4 is 0 Å². The number of esters is 2. The van der Waals surface area contributed by atoms with Crippen LogP contribution in [0.25, 0.3) is 20.9 Å². The Morgan fingerprint density at radius 3 is 1.61 bits per heavy atom. The van der Waals surface area contributed by atoms with Crippen molar-refractivity contribution in [3.05, 3.63) is 20.9 Å². The van der Waals surface area contributed by atoms with E-state index >= 15 is 0 Å². The second kappa shape index (κ2) is 15.9. The molecule has 11 nitrogen and oxygen atoms in total. The first kappa shape index (κ1) is 20.5. The third-order valence-corrected chi connectivity index (χ3v) is 2.37. The van der Waals surface area contributed by atoms with E-state index in [1.54, 1.807) is 0 Å². The van der Waals surface area contributed by atoms with Crippen LogP contribution in [0.4, 0.5) is 0 Å². The maximum absolute atomic E-state index is 11.2. The number of azide groups is 2. The molecule has 0 bridgehead atoms. The molecule has 0 aromatic carbocycles. The molecule has 0 aliphatic heterocycles. The molecule has 23 heavy (non-hydrogen) atoms. The van der Waals surface area contributed by atoms with Crippen molar-refractivity contribution in [2.45, 2.75) is 25.7 Å². The van der Waals surface area contributed by atoms with Gasteiger partial charge in [-0.3, -0.25) is 9.59 Å². The van der Waals surface area contributed by atoms with Crippen LogP contribution in [0, 0.1) is 0 Å². The zero-order chi connectivity index (χ0) is 17.2. The van der Waals surface area contributed by atoms with E-state index in [1.165, 1.54) is 0 Å². The number of nitrogens with zero attached hydrogens (tertiary/aromatic N) is 6. The summed E-state index contributed by atoms with van der Waals surface area (Å²) in [5.74, 6) is -0.740. The third kappa shape index (κ3) is 15.7. The molecule has 0 rings (SSSR count). The summed E-state index contributed by atoms with van der Waals surface area (Å²) in [4.78, 5) is 27.5. The molecular weight excluding hydrogens is 308 g/mol. The van der Waals surface area contributed by atoms with E-state index in [9.17, 15) is 9.59 Å². The lowest BCUT2D eigenvalue weighted by molar-refractivity contribution is -0.144. The van der Waals surface area contributed by atoms with E-state index in [0.29, 0.717) is 26.1 Å². The fourth-order valence-corrected chi connectivity index (χ4v) is 1.37. The lowest BCUT2D eigenvalue weighted by Crippen LogP contribution is -2.10. The van der Waals surface area contributed by atoms with Gasteiger partial charge in [0.25, 0.3) is 0 Å². The number of hydrogen-bond donors (Lipinski definition) is 0. The van der Waals surface area contributed by atoms with E-state index in [0.717, 1.165) is 0 Å². The van der Waals surface area contributed by atoms with Crippen molar-refractivity contribution >= 4 is 11.9 Å². The molecular formula is C12H20N6O5. The normalized spacial score (nSPS) is 9.39. The third-order valence-electron chi connectivity index (χ3n) is 2.37. The van der Waals surface area contributed by atoms with Crippen molar-refractivity contribution in [1.82, 2.24) is 0 Å². The second-order valence-corrected chi connectivity index (χ2v) is 4.17. The molecule has 11 heteroatoms. The largest absolute Gasteiger partial charge is 0.466 e. The van der Waals surface area contributed by atoms with Gasteiger partial charge in [0.1, 0.15) is 0 Å². The fourth-order valence-electron chi connectivity index (χ4n) is 1.37. The topological polar surface area (TPSA) is 159 Å². The van der Waals surface area contributed by atoms with Gasteiger partial charge in [0.2, 0.25) is 0 Å². The first-order valence-corrected chi connectivity index (χ1v) is 7.11. The Kier molecular flexibility index (Phi) is 14.2. The summed E-state index contributed by atoms with van der Waals surface area (Å²) in [6.07, 6.45) is 1.46. The van der Waals surface area contributed by atoms with Crippen LogP contribution in [0.1, 0.15) is 25.7 Å². The summed E-state index contributed by atoms with van der Waals surface area (Å²) in [7, 11) is 0. The van der Waals surface area contributed by atoms with Gasteiger partial charge in [-0.15, -0.1) is 0 Å². The van der Waals surface area contributed by atoms with Crippen LogP contribution in [0.5, 0.6) is 0 Å². The Hall–Kier alpha value is -2.48. The molecule has 0 aromatic heterocycles. The molecule has 0 heterocycles. The van der Waals surface area contributed by atoms with Gasteiger partial charge in [0.05, 0.1) is 26.3 Å². The number of carbonyl (C=O) groups is 2. The Morgan fingerprint density at radius 2 is 1.22 bits per heavy atom. The smallest absolute Gasteiger partial charge is 0.305 e. The Bertz CT molecular complexity index is 405. The van der Waals surface area contributed by atoms with Gasteiger partial charge < -0.3 is 14.2 Å². The summed E-state index contributed by atoms with van der Waals surface area (Å²) >= 11 is 0. The van der Waals surface area contributed by atoms with Crippen molar-refractivity contribution < 1.29 is 23.8 Å². The van der Waals surface area contributed by atoms with Gasteiger partial charge in [0.15, 0.2) is 0 Å². The quantitative estimate of drug-likeness (QED) is 0.157. The minimum absolute atomic E-state index is 0.0749. The molecule has 0 atom stereocenters. The fraction of sp³-hybridized carbons (Fsp3) is 0.833. The van der Waals surface area contributed by atoms with Crippen LogP contribution in [-0.2, 0) is 23.8 Å². The lowest BCUT2D eigenvalue weighted by atomic mass is 10.3. The summed E-state index contributed by atoms with van der Waals surface area (Å²) < 4.78 is 14.9. The molecule has 0 amide bonds. The standard InChI is InChI=1S/C12H20N6O5/c13-17-15-5-9-22-11(19)3-1-7-21-8-2-4-12(20)23-10-6-16-18-14/h1-10H2. The van der Waals surface area contributed by atoms with Crippen LogP contribution in [-0.4, -0.2) is 51.5 Å². The minimum Gasteiger partial charge on any atom is -0.466 e. The second-order valence-electron chi connectivity index (χ2n) is 4.17. The first-order valence-electron chi connectivity index (χ1n) is 7.11. The van der Waals surface area contributed by atoms with E-state index in [4.69, 9.17) is 25.3 Å². The molecule has 0 saturated heterocycles. The van der Waals surface area contributed by atoms with E-state index in [1.807, 2.05) is 0 Å². The van der Waals surface area contributed by atoms with E-state index in [2.05, 4.69) is 20.1 Å². The lowest BCUT2D eigenvalue weighted by Gasteiger charge is -2.05. The highest BCUT2D eigenvalue weighted by Gasteiger charge is 2.04. The molecule has 0 unspecified atom stereocenters. The van der Waals surface area contributed by atoms with Gasteiger partial charge >= 0.3 is 11.9 Å². The molecule has 0 saturated carbocycles. The summed E-state index contributed by atoms with van der Waals surface area (Å²) in [5.41, 5.74) is 16.1. The maximum Gasteiger partial charge on any atom is 0.305 e. The molecule has 0 N–H and O–H groups in total. The summed E-state index contributed by atoms with van der Waals surface area (Å²) in [5, 5.41) is 6.47. The molecule has 0 aliphatic carbocycles. The minimum atomic E-state index is -0.370. The van der Waals surface area contributed by atoms with Crippen molar-refractivity contribution in [2.75, 3.05) is 39.5 Å². The van der Waals surface area contributed by atoms with Gasteiger partial charge in [-0.25, -0.2) is 0 Å². The number of ether oxygens (including phenoxy) is 3. The predicted octanol–water partition coefficient (Wildman–Crippen LogP) is 2.27. The molecule has 0 spiro atoms. The molecule has 128 valence electrons. The highest BCUT2D eigenvalue weighted by molar-refractivity contribution is 5.69. The average molecular weight is 328 g/mol. The Labute approximate surface area is 133 Å². The highest BCUT2D eigenvalue weighted by atomic mass is 16.5. The van der Waals surface area contributed by atoms with Crippen LogP contribution >= 0.6 is 0 Å². The maximum atomic E-state index is 11.2. The first-order chi connectivity index (χ1) is 11.2.